The first-order valence-corrected chi connectivity index (χ1v) is 10.4. The summed E-state index contributed by atoms with van der Waals surface area (Å²) in [6.45, 7) is -0.0483. The SMILES string of the molecule is N#Cc1ccc(CONC(=O)c2ccccc2NCc2ccnc(NC(=O)NCC(=O)O)c2)cc1. The van der Waals surface area contributed by atoms with Gasteiger partial charge in [0.05, 0.1) is 23.8 Å². The van der Waals surface area contributed by atoms with Crippen LogP contribution in [0.25, 0.3) is 0 Å². The molecule has 3 rings (SSSR count). The average molecular weight is 474 g/mol. The number of benzene rings is 2. The second-order valence-corrected chi connectivity index (χ2v) is 7.18. The van der Waals surface area contributed by atoms with Crippen molar-refractivity contribution in [2.75, 3.05) is 17.2 Å². The standard InChI is InChI=1S/C24H22N6O5/c25-12-16-5-7-17(8-6-16)15-35-30-23(33)19-3-1-2-4-20(19)27-13-18-9-10-26-21(11-18)29-24(34)28-14-22(31)32/h1-11,27H,13-15H2,(H,30,33)(H,31,32)(H2,26,28,29,34). The molecule has 11 heteroatoms. The number of carbonyl (C=O) groups excluding carboxylic acids is 2. The van der Waals surface area contributed by atoms with E-state index < -0.39 is 24.5 Å². The Morgan fingerprint density at radius 1 is 1.03 bits per heavy atom. The zero-order valence-electron chi connectivity index (χ0n) is 18.4. The first-order chi connectivity index (χ1) is 16.9. The number of pyridine rings is 1. The number of rotatable bonds is 10. The molecule has 5 N–H and O–H groups in total. The van der Waals surface area contributed by atoms with Crippen molar-refractivity contribution in [3.63, 3.8) is 0 Å². The van der Waals surface area contributed by atoms with Crippen LogP contribution >= 0.6 is 0 Å². The highest BCUT2D eigenvalue weighted by atomic mass is 16.6. The topological polar surface area (TPSA) is 165 Å². The number of carboxylic acid groups (broad SMARTS) is 1. The predicted octanol–water partition coefficient (Wildman–Crippen LogP) is 2.63. The lowest BCUT2D eigenvalue weighted by atomic mass is 10.1. The minimum Gasteiger partial charge on any atom is -0.480 e. The molecule has 0 spiro atoms. The maximum Gasteiger partial charge on any atom is 0.323 e. The monoisotopic (exact) mass is 474 g/mol. The normalized spacial score (nSPS) is 10.0. The third kappa shape index (κ3) is 7.85. The van der Waals surface area contributed by atoms with Gasteiger partial charge in [0, 0.05) is 18.4 Å². The van der Waals surface area contributed by atoms with Crippen molar-refractivity contribution in [2.24, 2.45) is 0 Å². The highest BCUT2D eigenvalue weighted by molar-refractivity contribution is 5.99. The molecule has 178 valence electrons. The largest absolute Gasteiger partial charge is 0.480 e. The fourth-order valence-corrected chi connectivity index (χ4v) is 2.92. The highest BCUT2D eigenvalue weighted by Crippen LogP contribution is 2.17. The lowest BCUT2D eigenvalue weighted by molar-refractivity contribution is -0.135. The summed E-state index contributed by atoms with van der Waals surface area (Å²) in [7, 11) is 0. The number of hydrogen-bond donors (Lipinski definition) is 5. The summed E-state index contributed by atoms with van der Waals surface area (Å²) in [5, 5.41) is 25.3. The van der Waals surface area contributed by atoms with Crippen LogP contribution in [0.4, 0.5) is 16.3 Å². The smallest absolute Gasteiger partial charge is 0.323 e. The molecule has 35 heavy (non-hydrogen) atoms. The van der Waals surface area contributed by atoms with E-state index in [1.54, 1.807) is 60.7 Å². The average Bonchev–Trinajstić information content (AvgIpc) is 2.87. The fourth-order valence-electron chi connectivity index (χ4n) is 2.92. The maximum absolute atomic E-state index is 12.6. The molecule has 3 aromatic rings. The lowest BCUT2D eigenvalue weighted by Crippen LogP contribution is -2.33. The van der Waals surface area contributed by atoms with Crippen LogP contribution in [0.5, 0.6) is 0 Å². The van der Waals surface area contributed by atoms with Crippen LogP contribution in [0.2, 0.25) is 0 Å². The van der Waals surface area contributed by atoms with E-state index in [-0.39, 0.29) is 12.4 Å². The number of hydrogen-bond acceptors (Lipinski definition) is 7. The van der Waals surface area contributed by atoms with E-state index in [9.17, 15) is 14.4 Å². The van der Waals surface area contributed by atoms with Crippen molar-refractivity contribution in [1.29, 1.82) is 5.26 Å². The minimum absolute atomic E-state index is 0.139. The number of aliphatic carboxylic acids is 1. The number of urea groups is 1. The van der Waals surface area contributed by atoms with Crippen molar-refractivity contribution in [3.8, 4) is 6.07 Å². The molecule has 0 atom stereocenters. The molecule has 0 aliphatic rings. The van der Waals surface area contributed by atoms with E-state index in [0.29, 0.717) is 23.4 Å². The molecule has 0 aliphatic carbocycles. The molecule has 0 saturated heterocycles. The van der Waals surface area contributed by atoms with Gasteiger partial charge in [-0.15, -0.1) is 0 Å². The Balaban J connectivity index is 1.55. The number of amides is 3. The van der Waals surface area contributed by atoms with Gasteiger partial charge in [-0.3, -0.25) is 19.7 Å². The minimum atomic E-state index is -1.16. The molecule has 0 radical (unpaired) electrons. The van der Waals surface area contributed by atoms with Crippen LogP contribution in [-0.2, 0) is 22.8 Å². The maximum atomic E-state index is 12.6. The Morgan fingerprint density at radius 2 is 1.80 bits per heavy atom. The summed E-state index contributed by atoms with van der Waals surface area (Å²) in [5.74, 6) is -1.35. The van der Waals surface area contributed by atoms with Gasteiger partial charge in [-0.1, -0.05) is 24.3 Å². The summed E-state index contributed by atoms with van der Waals surface area (Å²) >= 11 is 0. The van der Waals surface area contributed by atoms with Crippen molar-refractivity contribution in [3.05, 3.63) is 89.1 Å². The number of para-hydroxylation sites is 1. The Kier molecular flexibility index (Phi) is 8.70. The molecular weight excluding hydrogens is 452 g/mol. The molecule has 1 aromatic heterocycles. The molecule has 0 saturated carbocycles. The van der Waals surface area contributed by atoms with Crippen LogP contribution in [-0.4, -0.2) is 34.5 Å². The number of carbonyl (C=O) groups is 3. The van der Waals surface area contributed by atoms with Crippen molar-refractivity contribution in [1.82, 2.24) is 15.8 Å². The van der Waals surface area contributed by atoms with Crippen molar-refractivity contribution >= 4 is 29.4 Å². The van der Waals surface area contributed by atoms with Crippen molar-refractivity contribution < 1.29 is 24.3 Å². The fraction of sp³-hybridized carbons (Fsp3) is 0.125. The zero-order chi connectivity index (χ0) is 25.0. The Labute approximate surface area is 200 Å². The van der Waals surface area contributed by atoms with Gasteiger partial charge in [-0.2, -0.15) is 5.26 Å². The molecule has 11 nitrogen and oxygen atoms in total. The van der Waals surface area contributed by atoms with E-state index in [2.05, 4.69) is 26.4 Å². The molecule has 1 heterocycles. The van der Waals surface area contributed by atoms with Crippen LogP contribution < -0.4 is 21.4 Å². The number of nitrogens with one attached hydrogen (secondary N) is 4. The number of hydroxylamine groups is 1. The van der Waals surface area contributed by atoms with Gasteiger partial charge in [-0.25, -0.2) is 15.3 Å². The van der Waals surface area contributed by atoms with Gasteiger partial charge in [0.2, 0.25) is 0 Å². The van der Waals surface area contributed by atoms with Crippen molar-refractivity contribution in [2.45, 2.75) is 13.2 Å². The Morgan fingerprint density at radius 3 is 2.54 bits per heavy atom. The Bertz CT molecular complexity index is 1240. The van der Waals surface area contributed by atoms with Crippen LogP contribution in [0.3, 0.4) is 0 Å². The molecule has 2 aromatic carbocycles. The summed E-state index contributed by atoms with van der Waals surface area (Å²) in [5.41, 5.74) is 5.45. The summed E-state index contributed by atoms with van der Waals surface area (Å²) in [6.07, 6.45) is 1.50. The second kappa shape index (κ2) is 12.3. The molecule has 0 unspecified atom stereocenters. The van der Waals surface area contributed by atoms with E-state index in [1.807, 2.05) is 6.07 Å². The second-order valence-electron chi connectivity index (χ2n) is 7.18. The van der Waals surface area contributed by atoms with Crippen LogP contribution in [0, 0.1) is 11.3 Å². The van der Waals surface area contributed by atoms with E-state index >= 15 is 0 Å². The number of aromatic nitrogens is 1. The number of anilines is 2. The summed E-state index contributed by atoms with van der Waals surface area (Å²) in [4.78, 5) is 44.2. The van der Waals surface area contributed by atoms with Crippen LogP contribution in [0.15, 0.2) is 66.9 Å². The first-order valence-electron chi connectivity index (χ1n) is 10.4. The van der Waals surface area contributed by atoms with Gasteiger partial charge in [0.1, 0.15) is 12.4 Å². The highest BCUT2D eigenvalue weighted by Gasteiger charge is 2.12. The molecule has 0 aliphatic heterocycles. The van der Waals surface area contributed by atoms with Crippen LogP contribution in [0.1, 0.15) is 27.0 Å². The number of nitrogens with zero attached hydrogens (tertiary/aromatic N) is 2. The third-order valence-corrected chi connectivity index (χ3v) is 4.61. The van der Waals surface area contributed by atoms with Gasteiger partial charge in [-0.05, 0) is 47.5 Å². The van der Waals surface area contributed by atoms with E-state index in [1.165, 1.54) is 6.20 Å². The summed E-state index contributed by atoms with van der Waals surface area (Å²) < 4.78 is 0. The number of nitriles is 1. The first kappa shape index (κ1) is 24.7. The van der Waals surface area contributed by atoms with Gasteiger partial charge >= 0.3 is 12.0 Å². The summed E-state index contributed by atoms with van der Waals surface area (Å²) in [6, 6.07) is 18.4. The van der Waals surface area contributed by atoms with Gasteiger partial charge in [0.15, 0.2) is 0 Å². The zero-order valence-corrected chi connectivity index (χ0v) is 18.4. The lowest BCUT2D eigenvalue weighted by Gasteiger charge is -2.13. The molecular formula is C24H22N6O5. The molecule has 3 amide bonds. The van der Waals surface area contributed by atoms with E-state index in [4.69, 9.17) is 15.2 Å². The quantitative estimate of drug-likeness (QED) is 0.280. The van der Waals surface area contributed by atoms with Gasteiger partial charge < -0.3 is 15.7 Å². The molecule has 0 fully saturated rings. The Hall–Kier alpha value is -4.95. The predicted molar refractivity (Wildman–Crippen MR) is 126 cm³/mol. The van der Waals surface area contributed by atoms with E-state index in [0.717, 1.165) is 11.1 Å². The third-order valence-electron chi connectivity index (χ3n) is 4.61. The number of carboxylic acids is 1. The molecule has 0 bridgehead atoms. The van der Waals surface area contributed by atoms with Gasteiger partial charge in [0.25, 0.3) is 5.91 Å².